The Kier molecular flexibility index (Phi) is 4.81. The molecule has 1 unspecified atom stereocenters. The fourth-order valence-corrected chi connectivity index (χ4v) is 7.90. The molecular formula is C28H34N2O2. The summed E-state index contributed by atoms with van der Waals surface area (Å²) in [4.78, 5) is 25.3. The van der Waals surface area contributed by atoms with Crippen LogP contribution in [0.5, 0.6) is 0 Å². The molecule has 0 spiro atoms. The Morgan fingerprint density at radius 3 is 2.31 bits per heavy atom. The number of fused-ring (bicyclic) bond motifs is 1. The molecule has 1 heterocycles. The number of nitrogens with one attached hydrogen (secondary N) is 2. The van der Waals surface area contributed by atoms with Crippen LogP contribution in [0.25, 0.3) is 10.8 Å². The van der Waals surface area contributed by atoms with Crippen LogP contribution >= 0.6 is 0 Å². The van der Waals surface area contributed by atoms with Gasteiger partial charge in [0.15, 0.2) is 0 Å². The molecule has 168 valence electrons. The molecule has 5 aliphatic rings. The first-order chi connectivity index (χ1) is 15.5. The van der Waals surface area contributed by atoms with E-state index in [1.54, 1.807) is 0 Å². The number of hydrogen-bond donors (Lipinski definition) is 2. The molecule has 1 saturated heterocycles. The lowest BCUT2D eigenvalue weighted by molar-refractivity contribution is -0.127. The van der Waals surface area contributed by atoms with Gasteiger partial charge >= 0.3 is 0 Å². The first-order valence-corrected chi connectivity index (χ1v) is 12.6. The second-order valence-electron chi connectivity index (χ2n) is 11.4. The molecule has 4 nitrogen and oxygen atoms in total. The van der Waals surface area contributed by atoms with Gasteiger partial charge < -0.3 is 10.6 Å². The predicted molar refractivity (Wildman–Crippen MR) is 126 cm³/mol. The predicted octanol–water partition coefficient (Wildman–Crippen LogP) is 4.90. The van der Waals surface area contributed by atoms with E-state index in [9.17, 15) is 9.59 Å². The second kappa shape index (κ2) is 7.60. The average Bonchev–Trinajstić information content (AvgIpc) is 3.11. The molecule has 7 rings (SSSR count). The molecule has 1 aliphatic heterocycles. The van der Waals surface area contributed by atoms with Crippen molar-refractivity contribution < 1.29 is 9.59 Å². The molecule has 0 radical (unpaired) electrons. The highest BCUT2D eigenvalue weighted by molar-refractivity contribution is 5.83. The van der Waals surface area contributed by atoms with Gasteiger partial charge in [0.2, 0.25) is 11.8 Å². The van der Waals surface area contributed by atoms with Gasteiger partial charge in [-0.05, 0) is 91.9 Å². The van der Waals surface area contributed by atoms with Crippen molar-refractivity contribution in [3.05, 3.63) is 48.0 Å². The smallest absolute Gasteiger partial charge is 0.220 e. The Labute approximate surface area is 190 Å². The van der Waals surface area contributed by atoms with E-state index in [-0.39, 0.29) is 22.9 Å². The van der Waals surface area contributed by atoms with E-state index in [0.29, 0.717) is 19.3 Å². The zero-order valence-electron chi connectivity index (χ0n) is 18.9. The van der Waals surface area contributed by atoms with Gasteiger partial charge in [0, 0.05) is 23.9 Å². The van der Waals surface area contributed by atoms with Crippen LogP contribution < -0.4 is 10.6 Å². The zero-order valence-corrected chi connectivity index (χ0v) is 18.9. The third-order valence-corrected chi connectivity index (χ3v) is 8.87. The molecule has 4 heteroatoms. The van der Waals surface area contributed by atoms with E-state index in [2.05, 4.69) is 53.1 Å². The first kappa shape index (κ1) is 20.3. The van der Waals surface area contributed by atoms with Crippen molar-refractivity contribution in [1.29, 1.82) is 0 Å². The van der Waals surface area contributed by atoms with Crippen LogP contribution in [-0.2, 0) is 16.0 Å². The highest BCUT2D eigenvalue weighted by Crippen LogP contribution is 2.55. The number of benzene rings is 2. The molecule has 4 saturated carbocycles. The van der Waals surface area contributed by atoms with Crippen molar-refractivity contribution in [2.45, 2.75) is 81.7 Å². The second-order valence-corrected chi connectivity index (χ2v) is 11.4. The molecule has 2 N–H and O–H groups in total. The molecule has 32 heavy (non-hydrogen) atoms. The Balaban J connectivity index is 1.14. The van der Waals surface area contributed by atoms with Crippen molar-refractivity contribution in [2.75, 3.05) is 0 Å². The SMILES string of the molecule is O=C1CCC(CCC(=O)NC23CC4CC(CC(C4)C2)C3)(Cc2ccc3ccccc3c2)N1. The first-order valence-electron chi connectivity index (χ1n) is 12.6. The van der Waals surface area contributed by atoms with Crippen LogP contribution in [0.4, 0.5) is 0 Å². The molecule has 2 aromatic rings. The lowest BCUT2D eigenvalue weighted by Crippen LogP contribution is -2.60. The largest absolute Gasteiger partial charge is 0.351 e. The summed E-state index contributed by atoms with van der Waals surface area (Å²) in [5, 5.41) is 9.23. The number of amides is 2. The van der Waals surface area contributed by atoms with E-state index in [0.717, 1.165) is 30.6 Å². The maximum atomic E-state index is 13.1. The summed E-state index contributed by atoms with van der Waals surface area (Å²) in [7, 11) is 0. The Morgan fingerprint density at radius 1 is 0.969 bits per heavy atom. The van der Waals surface area contributed by atoms with E-state index in [4.69, 9.17) is 0 Å². The topological polar surface area (TPSA) is 58.2 Å². The minimum atomic E-state index is -0.307. The van der Waals surface area contributed by atoms with Gasteiger partial charge in [0.05, 0.1) is 0 Å². The van der Waals surface area contributed by atoms with E-state index >= 15 is 0 Å². The Bertz CT molecular complexity index is 1030. The molecule has 5 fully saturated rings. The average molecular weight is 431 g/mol. The van der Waals surface area contributed by atoms with Crippen LogP contribution in [0.2, 0.25) is 0 Å². The quantitative estimate of drug-likeness (QED) is 0.685. The van der Waals surface area contributed by atoms with Crippen molar-refractivity contribution in [2.24, 2.45) is 17.8 Å². The summed E-state index contributed by atoms with van der Waals surface area (Å²) in [5.74, 6) is 2.79. The number of rotatable bonds is 6. The third kappa shape index (κ3) is 3.82. The summed E-state index contributed by atoms with van der Waals surface area (Å²) in [5.41, 5.74) is 0.988. The molecule has 2 aromatic carbocycles. The van der Waals surface area contributed by atoms with Crippen molar-refractivity contribution in [3.8, 4) is 0 Å². The molecule has 4 bridgehead atoms. The number of carbonyl (C=O) groups excluding carboxylic acids is 2. The van der Waals surface area contributed by atoms with E-state index < -0.39 is 0 Å². The molecule has 4 aliphatic carbocycles. The molecule has 0 aromatic heterocycles. The van der Waals surface area contributed by atoms with Crippen LogP contribution in [-0.4, -0.2) is 22.9 Å². The maximum absolute atomic E-state index is 13.1. The molecule has 2 amide bonds. The van der Waals surface area contributed by atoms with Crippen LogP contribution in [0.15, 0.2) is 42.5 Å². The van der Waals surface area contributed by atoms with Crippen molar-refractivity contribution in [1.82, 2.24) is 10.6 Å². The maximum Gasteiger partial charge on any atom is 0.220 e. The van der Waals surface area contributed by atoms with E-state index in [1.807, 2.05) is 0 Å². The van der Waals surface area contributed by atoms with Crippen molar-refractivity contribution in [3.63, 3.8) is 0 Å². The highest BCUT2D eigenvalue weighted by Gasteiger charge is 2.51. The molecule has 1 atom stereocenters. The van der Waals surface area contributed by atoms with Gasteiger partial charge in [0.25, 0.3) is 0 Å². The summed E-state index contributed by atoms with van der Waals surface area (Å²) in [6.45, 7) is 0. The summed E-state index contributed by atoms with van der Waals surface area (Å²) >= 11 is 0. The molecular weight excluding hydrogens is 396 g/mol. The van der Waals surface area contributed by atoms with Gasteiger partial charge in [-0.2, -0.15) is 0 Å². The Morgan fingerprint density at radius 2 is 1.66 bits per heavy atom. The van der Waals surface area contributed by atoms with Gasteiger partial charge in [-0.1, -0.05) is 42.5 Å². The van der Waals surface area contributed by atoms with E-state index in [1.165, 1.54) is 54.9 Å². The summed E-state index contributed by atoms with van der Waals surface area (Å²) in [6.07, 6.45) is 11.1. The standard InChI is InChI=1S/C28H34N2O2/c31-25-7-9-27(29-25,15-19-5-6-23-3-1-2-4-24(23)14-19)10-8-26(32)30-28-16-20-11-21(17-28)13-22(12-20)18-28/h1-6,14,20-22H,7-13,15-18H2,(H,29,31)(H,30,32). The van der Waals surface area contributed by atoms with Gasteiger partial charge in [0.1, 0.15) is 0 Å². The highest BCUT2D eigenvalue weighted by atomic mass is 16.2. The van der Waals surface area contributed by atoms with Gasteiger partial charge in [-0.25, -0.2) is 0 Å². The lowest BCUT2D eigenvalue weighted by Gasteiger charge is -2.57. The monoisotopic (exact) mass is 430 g/mol. The van der Waals surface area contributed by atoms with Crippen LogP contribution in [0, 0.1) is 17.8 Å². The van der Waals surface area contributed by atoms with Crippen molar-refractivity contribution >= 4 is 22.6 Å². The fourth-order valence-electron chi connectivity index (χ4n) is 7.90. The number of hydrogen-bond acceptors (Lipinski definition) is 2. The summed E-state index contributed by atoms with van der Waals surface area (Å²) < 4.78 is 0. The number of carbonyl (C=O) groups is 2. The summed E-state index contributed by atoms with van der Waals surface area (Å²) in [6, 6.07) is 15.0. The third-order valence-electron chi connectivity index (χ3n) is 8.87. The van der Waals surface area contributed by atoms with Gasteiger partial charge in [-0.15, -0.1) is 0 Å². The normalized spacial score (nSPS) is 35.2. The van der Waals surface area contributed by atoms with Gasteiger partial charge in [-0.3, -0.25) is 9.59 Å². The van der Waals surface area contributed by atoms with Crippen LogP contribution in [0.3, 0.4) is 0 Å². The fraction of sp³-hybridized carbons (Fsp3) is 0.571. The minimum absolute atomic E-state index is 0.0657. The van der Waals surface area contributed by atoms with Crippen LogP contribution in [0.1, 0.15) is 69.8 Å². The lowest BCUT2D eigenvalue weighted by atomic mass is 9.53. The Hall–Kier alpha value is -2.36. The zero-order chi connectivity index (χ0) is 21.8. The minimum Gasteiger partial charge on any atom is -0.351 e.